The minimum absolute atomic E-state index is 0.390. The van der Waals surface area contributed by atoms with E-state index in [4.69, 9.17) is 0 Å². The molecule has 3 heterocycles. The fourth-order valence-electron chi connectivity index (χ4n) is 1.75. The molecule has 0 bridgehead atoms. The summed E-state index contributed by atoms with van der Waals surface area (Å²) in [4.78, 5) is 15.6. The largest absolute Gasteiger partial charge is 0.342 e. The normalized spacial score (nSPS) is 18.0. The van der Waals surface area contributed by atoms with E-state index in [0.717, 1.165) is 29.9 Å². The molecule has 6 heteroatoms. The standard InChI is InChI=1S/C8H10N6/c1-5(2-14-13-1)6-7-8(11-3-9-6)12-4-10-7/h3-5,13-14H,1-2H2,(H,9,10,11,12). The third-order valence-corrected chi connectivity index (χ3v) is 2.46. The number of hydrogen-bond donors (Lipinski definition) is 3. The molecule has 0 radical (unpaired) electrons. The second-order valence-corrected chi connectivity index (χ2v) is 3.32. The molecule has 0 aliphatic carbocycles. The van der Waals surface area contributed by atoms with Crippen LogP contribution in [0.2, 0.25) is 0 Å². The van der Waals surface area contributed by atoms with Gasteiger partial charge in [-0.1, -0.05) is 0 Å². The molecule has 3 rings (SSSR count). The molecule has 72 valence electrons. The summed E-state index contributed by atoms with van der Waals surface area (Å²) in [6.45, 7) is 1.79. The zero-order chi connectivity index (χ0) is 9.38. The molecular formula is C8H10N6. The number of aromatic nitrogens is 4. The lowest BCUT2D eigenvalue weighted by Gasteiger charge is -2.06. The lowest BCUT2D eigenvalue weighted by molar-refractivity contribution is 0.689. The molecule has 0 saturated carbocycles. The quantitative estimate of drug-likeness (QED) is 0.567. The van der Waals surface area contributed by atoms with Crippen LogP contribution in [0.25, 0.3) is 11.2 Å². The number of rotatable bonds is 1. The van der Waals surface area contributed by atoms with Crippen LogP contribution < -0.4 is 10.9 Å². The van der Waals surface area contributed by atoms with Gasteiger partial charge in [-0.3, -0.25) is 10.9 Å². The minimum atomic E-state index is 0.390. The maximum Gasteiger partial charge on any atom is 0.180 e. The number of hydrazine groups is 1. The monoisotopic (exact) mass is 190 g/mol. The van der Waals surface area contributed by atoms with Crippen LogP contribution in [-0.2, 0) is 0 Å². The van der Waals surface area contributed by atoms with Crippen molar-refractivity contribution in [2.75, 3.05) is 13.1 Å². The number of imidazole rings is 1. The van der Waals surface area contributed by atoms with Crippen molar-refractivity contribution in [2.24, 2.45) is 0 Å². The van der Waals surface area contributed by atoms with Crippen LogP contribution in [0.5, 0.6) is 0 Å². The average Bonchev–Trinajstić information content (AvgIpc) is 2.88. The summed E-state index contributed by atoms with van der Waals surface area (Å²) < 4.78 is 0. The molecule has 2 aromatic heterocycles. The summed E-state index contributed by atoms with van der Waals surface area (Å²) in [6.07, 6.45) is 3.22. The number of aromatic amines is 1. The highest BCUT2D eigenvalue weighted by Gasteiger charge is 2.20. The maximum atomic E-state index is 4.30. The number of H-pyrrole nitrogens is 1. The van der Waals surface area contributed by atoms with Crippen molar-refractivity contribution in [1.29, 1.82) is 0 Å². The molecule has 1 saturated heterocycles. The van der Waals surface area contributed by atoms with Crippen molar-refractivity contribution in [3.63, 3.8) is 0 Å². The number of hydrogen-bond acceptors (Lipinski definition) is 5. The lowest BCUT2D eigenvalue weighted by atomic mass is 10.1. The maximum absolute atomic E-state index is 4.30. The van der Waals surface area contributed by atoms with E-state index < -0.39 is 0 Å². The zero-order valence-electron chi connectivity index (χ0n) is 7.49. The summed E-state index contributed by atoms with van der Waals surface area (Å²) in [5, 5.41) is 0. The van der Waals surface area contributed by atoms with E-state index >= 15 is 0 Å². The van der Waals surface area contributed by atoms with Crippen molar-refractivity contribution >= 4 is 11.2 Å². The topological polar surface area (TPSA) is 78.5 Å². The number of nitrogens with one attached hydrogen (secondary N) is 3. The highest BCUT2D eigenvalue weighted by Crippen LogP contribution is 2.19. The first-order valence-electron chi connectivity index (χ1n) is 4.55. The molecule has 0 amide bonds. The summed E-state index contributed by atoms with van der Waals surface area (Å²) >= 11 is 0. The molecule has 0 spiro atoms. The van der Waals surface area contributed by atoms with Gasteiger partial charge in [0.2, 0.25) is 0 Å². The van der Waals surface area contributed by atoms with Crippen molar-refractivity contribution < 1.29 is 0 Å². The van der Waals surface area contributed by atoms with Crippen LogP contribution in [0.15, 0.2) is 12.7 Å². The first-order chi connectivity index (χ1) is 6.95. The Hall–Kier alpha value is -1.53. The minimum Gasteiger partial charge on any atom is -0.342 e. The van der Waals surface area contributed by atoms with Gasteiger partial charge in [0.25, 0.3) is 0 Å². The van der Waals surface area contributed by atoms with E-state index in [-0.39, 0.29) is 0 Å². The van der Waals surface area contributed by atoms with Gasteiger partial charge in [-0.2, -0.15) is 0 Å². The Morgan fingerprint density at radius 1 is 1.14 bits per heavy atom. The van der Waals surface area contributed by atoms with E-state index in [9.17, 15) is 0 Å². The third-order valence-electron chi connectivity index (χ3n) is 2.46. The lowest BCUT2D eigenvalue weighted by Crippen LogP contribution is -2.21. The Balaban J connectivity index is 2.14. The molecule has 2 aromatic rings. The van der Waals surface area contributed by atoms with Gasteiger partial charge in [0.15, 0.2) is 5.65 Å². The van der Waals surface area contributed by atoms with Gasteiger partial charge in [-0.05, 0) is 0 Å². The average molecular weight is 190 g/mol. The molecule has 1 aliphatic heterocycles. The fraction of sp³-hybridized carbons (Fsp3) is 0.375. The summed E-state index contributed by atoms with van der Waals surface area (Å²) in [7, 11) is 0. The van der Waals surface area contributed by atoms with Gasteiger partial charge in [0, 0.05) is 19.0 Å². The first-order valence-corrected chi connectivity index (χ1v) is 4.55. The molecule has 1 aliphatic rings. The summed E-state index contributed by atoms with van der Waals surface area (Å²) in [6, 6.07) is 0. The van der Waals surface area contributed by atoms with Crippen molar-refractivity contribution in [2.45, 2.75) is 5.92 Å². The first kappa shape index (κ1) is 7.84. The SMILES string of the molecule is c1nc(C2CNNC2)c2[nH]cnc2n1. The highest BCUT2D eigenvalue weighted by atomic mass is 15.4. The van der Waals surface area contributed by atoms with Crippen LogP contribution >= 0.6 is 0 Å². The Morgan fingerprint density at radius 3 is 2.86 bits per heavy atom. The third kappa shape index (κ3) is 1.08. The van der Waals surface area contributed by atoms with E-state index in [1.807, 2.05) is 0 Å². The summed E-state index contributed by atoms with van der Waals surface area (Å²) in [5.74, 6) is 0.390. The predicted octanol–water partition coefficient (Wildman–Crippen LogP) is -0.456. The van der Waals surface area contributed by atoms with E-state index in [1.54, 1.807) is 12.7 Å². The van der Waals surface area contributed by atoms with E-state index in [0.29, 0.717) is 5.92 Å². The van der Waals surface area contributed by atoms with E-state index in [2.05, 4.69) is 30.8 Å². The molecule has 3 N–H and O–H groups in total. The smallest absolute Gasteiger partial charge is 0.180 e. The Labute approximate surface area is 80.1 Å². The second-order valence-electron chi connectivity index (χ2n) is 3.32. The van der Waals surface area contributed by atoms with Crippen molar-refractivity contribution in [3.05, 3.63) is 18.3 Å². The highest BCUT2D eigenvalue weighted by molar-refractivity contribution is 5.72. The summed E-state index contributed by atoms with van der Waals surface area (Å²) in [5.41, 5.74) is 8.88. The van der Waals surface area contributed by atoms with Crippen LogP contribution in [0.1, 0.15) is 11.6 Å². The molecule has 6 nitrogen and oxygen atoms in total. The Morgan fingerprint density at radius 2 is 2.00 bits per heavy atom. The van der Waals surface area contributed by atoms with E-state index in [1.165, 1.54) is 0 Å². The molecular weight excluding hydrogens is 180 g/mol. The zero-order valence-corrected chi connectivity index (χ0v) is 7.49. The molecule has 1 fully saturated rings. The van der Waals surface area contributed by atoms with Gasteiger partial charge < -0.3 is 4.98 Å². The van der Waals surface area contributed by atoms with Gasteiger partial charge in [-0.15, -0.1) is 0 Å². The van der Waals surface area contributed by atoms with Gasteiger partial charge >= 0.3 is 0 Å². The molecule has 0 atom stereocenters. The predicted molar refractivity (Wildman–Crippen MR) is 50.4 cm³/mol. The van der Waals surface area contributed by atoms with Crippen LogP contribution in [0.3, 0.4) is 0 Å². The van der Waals surface area contributed by atoms with Gasteiger partial charge in [0.1, 0.15) is 11.8 Å². The Kier molecular flexibility index (Phi) is 1.68. The number of nitrogens with zero attached hydrogens (tertiary/aromatic N) is 3. The van der Waals surface area contributed by atoms with Crippen LogP contribution in [-0.4, -0.2) is 33.0 Å². The van der Waals surface area contributed by atoms with Crippen molar-refractivity contribution in [3.8, 4) is 0 Å². The fourth-order valence-corrected chi connectivity index (χ4v) is 1.75. The van der Waals surface area contributed by atoms with Crippen LogP contribution in [0, 0.1) is 0 Å². The Bertz CT molecular complexity index is 444. The molecule has 14 heavy (non-hydrogen) atoms. The van der Waals surface area contributed by atoms with Gasteiger partial charge in [-0.25, -0.2) is 15.0 Å². The van der Waals surface area contributed by atoms with Crippen molar-refractivity contribution in [1.82, 2.24) is 30.8 Å². The van der Waals surface area contributed by atoms with Gasteiger partial charge in [0.05, 0.1) is 12.0 Å². The van der Waals surface area contributed by atoms with Crippen LogP contribution in [0.4, 0.5) is 0 Å². The molecule has 0 aromatic carbocycles. The number of fused-ring (bicyclic) bond motifs is 1. The second kappa shape index (κ2) is 3.00. The molecule has 0 unspecified atom stereocenters.